The number of sulfonamides is 1. The summed E-state index contributed by atoms with van der Waals surface area (Å²) in [4.78, 5) is 32.9. The van der Waals surface area contributed by atoms with Crippen molar-refractivity contribution in [2.45, 2.75) is 30.4 Å². The molecular formula is C22H31N5O6S2. The van der Waals surface area contributed by atoms with Crippen LogP contribution in [0.15, 0.2) is 28.3 Å². The first-order valence-electron chi connectivity index (χ1n) is 11.8. The quantitative estimate of drug-likeness (QED) is 0.500. The van der Waals surface area contributed by atoms with Gasteiger partial charge in [0.25, 0.3) is 0 Å². The lowest BCUT2D eigenvalue weighted by atomic mass is 10.3. The van der Waals surface area contributed by atoms with Crippen LogP contribution in [-0.4, -0.2) is 109 Å². The van der Waals surface area contributed by atoms with Crippen molar-refractivity contribution in [3.05, 3.63) is 18.2 Å². The molecule has 2 aliphatic rings. The third-order valence-corrected chi connectivity index (χ3v) is 8.95. The fraction of sp³-hybridized carbons (Fsp3) is 0.591. The fourth-order valence-corrected chi connectivity index (χ4v) is 6.58. The molecular weight excluding hydrogens is 494 g/mol. The van der Waals surface area contributed by atoms with Gasteiger partial charge in [-0.3, -0.25) is 4.79 Å². The zero-order chi connectivity index (χ0) is 25.0. The van der Waals surface area contributed by atoms with Crippen molar-refractivity contribution in [3.63, 3.8) is 0 Å². The number of fused-ring (bicyclic) bond motifs is 1. The van der Waals surface area contributed by atoms with Crippen molar-refractivity contribution in [1.29, 1.82) is 0 Å². The number of aryl methyl sites for hydroxylation is 1. The first kappa shape index (κ1) is 25.7. The van der Waals surface area contributed by atoms with Gasteiger partial charge in [-0.05, 0) is 32.0 Å². The number of ether oxygens (including phenoxy) is 2. The van der Waals surface area contributed by atoms with Gasteiger partial charge in [0.15, 0.2) is 5.16 Å². The number of thioether (sulfide) groups is 1. The van der Waals surface area contributed by atoms with Crippen LogP contribution in [0.4, 0.5) is 4.79 Å². The summed E-state index contributed by atoms with van der Waals surface area (Å²) in [5, 5.41) is 0.668. The predicted molar refractivity (Wildman–Crippen MR) is 131 cm³/mol. The van der Waals surface area contributed by atoms with Crippen LogP contribution in [-0.2, 0) is 30.8 Å². The Bertz CT molecular complexity index is 1170. The lowest BCUT2D eigenvalue weighted by Gasteiger charge is -2.34. The van der Waals surface area contributed by atoms with E-state index in [9.17, 15) is 18.0 Å². The smallest absolute Gasteiger partial charge is 0.409 e. The van der Waals surface area contributed by atoms with Crippen molar-refractivity contribution in [2.75, 3.05) is 64.8 Å². The maximum absolute atomic E-state index is 13.0. The van der Waals surface area contributed by atoms with Gasteiger partial charge in [0.05, 0.1) is 41.5 Å². The first-order valence-corrected chi connectivity index (χ1v) is 14.2. The molecule has 2 amide bonds. The van der Waals surface area contributed by atoms with Crippen molar-refractivity contribution < 1.29 is 27.5 Å². The summed E-state index contributed by atoms with van der Waals surface area (Å²) in [7, 11) is -3.62. The van der Waals surface area contributed by atoms with Crippen LogP contribution in [0.2, 0.25) is 0 Å². The zero-order valence-electron chi connectivity index (χ0n) is 20.0. The van der Waals surface area contributed by atoms with Gasteiger partial charge in [-0.2, -0.15) is 4.31 Å². The molecule has 0 aliphatic carbocycles. The molecule has 3 heterocycles. The number of amides is 2. The maximum atomic E-state index is 13.0. The number of hydrogen-bond donors (Lipinski definition) is 0. The number of carbonyl (C=O) groups is 2. The summed E-state index contributed by atoms with van der Waals surface area (Å²) in [5.74, 6) is 0.186. The molecule has 13 heteroatoms. The highest BCUT2D eigenvalue weighted by molar-refractivity contribution is 7.99. The molecule has 192 valence electrons. The normalized spacial score (nSPS) is 17.7. The molecule has 2 aromatic rings. The third-order valence-electron chi connectivity index (χ3n) is 6.09. The Morgan fingerprint density at radius 1 is 1.06 bits per heavy atom. The molecule has 1 aromatic heterocycles. The number of morpholine rings is 1. The van der Waals surface area contributed by atoms with E-state index in [0.29, 0.717) is 76.3 Å². The number of rotatable bonds is 7. The average molecular weight is 526 g/mol. The van der Waals surface area contributed by atoms with Crippen LogP contribution in [0.1, 0.15) is 13.8 Å². The first-order chi connectivity index (χ1) is 16.8. The predicted octanol–water partition coefficient (Wildman–Crippen LogP) is 1.47. The van der Waals surface area contributed by atoms with E-state index in [0.717, 1.165) is 5.52 Å². The van der Waals surface area contributed by atoms with E-state index in [2.05, 4.69) is 4.98 Å². The van der Waals surface area contributed by atoms with Crippen molar-refractivity contribution >= 4 is 44.8 Å². The molecule has 0 saturated carbocycles. The van der Waals surface area contributed by atoms with Gasteiger partial charge in [0.1, 0.15) is 0 Å². The molecule has 2 saturated heterocycles. The molecule has 0 atom stereocenters. The van der Waals surface area contributed by atoms with E-state index in [-0.39, 0.29) is 22.6 Å². The van der Waals surface area contributed by atoms with Crippen LogP contribution < -0.4 is 0 Å². The molecule has 11 nitrogen and oxygen atoms in total. The fourth-order valence-electron chi connectivity index (χ4n) is 4.17. The number of hydrogen-bond acceptors (Lipinski definition) is 8. The molecule has 0 bridgehead atoms. The number of nitrogens with zero attached hydrogens (tertiary/aromatic N) is 5. The van der Waals surface area contributed by atoms with Gasteiger partial charge < -0.3 is 23.8 Å². The van der Waals surface area contributed by atoms with Gasteiger partial charge in [-0.25, -0.2) is 18.2 Å². The van der Waals surface area contributed by atoms with E-state index in [1.54, 1.807) is 34.9 Å². The highest BCUT2D eigenvalue weighted by Crippen LogP contribution is 2.28. The Balaban J connectivity index is 1.43. The summed E-state index contributed by atoms with van der Waals surface area (Å²) in [6, 6.07) is 5.00. The van der Waals surface area contributed by atoms with Crippen molar-refractivity contribution in [2.24, 2.45) is 0 Å². The summed E-state index contributed by atoms with van der Waals surface area (Å²) in [6.45, 7) is 7.98. The van der Waals surface area contributed by atoms with Gasteiger partial charge in [-0.1, -0.05) is 11.8 Å². The van der Waals surface area contributed by atoms with Crippen molar-refractivity contribution in [3.8, 4) is 0 Å². The van der Waals surface area contributed by atoms with Gasteiger partial charge in [0, 0.05) is 45.8 Å². The Morgan fingerprint density at radius 2 is 1.74 bits per heavy atom. The molecule has 0 unspecified atom stereocenters. The summed E-state index contributed by atoms with van der Waals surface area (Å²) < 4.78 is 39.8. The second kappa shape index (κ2) is 11.1. The second-order valence-corrected chi connectivity index (χ2v) is 11.0. The number of benzene rings is 1. The van der Waals surface area contributed by atoms with Gasteiger partial charge in [-0.15, -0.1) is 0 Å². The summed E-state index contributed by atoms with van der Waals surface area (Å²) >= 11 is 1.33. The molecule has 4 rings (SSSR count). The molecule has 0 N–H and O–H groups in total. The number of aromatic nitrogens is 2. The molecule has 35 heavy (non-hydrogen) atoms. The zero-order valence-corrected chi connectivity index (χ0v) is 21.6. The Hall–Kier alpha value is -2.35. The molecule has 1 aromatic carbocycles. The van der Waals surface area contributed by atoms with E-state index in [1.807, 2.05) is 11.5 Å². The number of piperazine rings is 1. The topological polar surface area (TPSA) is 114 Å². The minimum absolute atomic E-state index is 0.0243. The molecule has 2 aliphatic heterocycles. The largest absolute Gasteiger partial charge is 0.450 e. The Labute approximate surface area is 209 Å². The lowest BCUT2D eigenvalue weighted by molar-refractivity contribution is -0.129. The highest BCUT2D eigenvalue weighted by atomic mass is 32.2. The molecule has 0 radical (unpaired) electrons. The third kappa shape index (κ3) is 5.57. The molecule has 0 spiro atoms. The SMILES string of the molecule is CCOC(=O)N1CCN(C(=O)CSc2nc3cc(S(=O)(=O)N4CCOCC4)ccc3n2CC)CC1. The maximum Gasteiger partial charge on any atom is 0.409 e. The number of imidazole rings is 1. The van der Waals surface area contributed by atoms with Crippen LogP contribution in [0.3, 0.4) is 0 Å². The van der Waals surface area contributed by atoms with E-state index in [4.69, 9.17) is 9.47 Å². The van der Waals surface area contributed by atoms with Crippen molar-refractivity contribution in [1.82, 2.24) is 23.7 Å². The highest BCUT2D eigenvalue weighted by Gasteiger charge is 2.28. The Morgan fingerprint density at radius 3 is 2.40 bits per heavy atom. The minimum Gasteiger partial charge on any atom is -0.450 e. The summed E-state index contributed by atoms with van der Waals surface area (Å²) in [5.41, 5.74) is 1.41. The van der Waals surface area contributed by atoms with Crippen LogP contribution in [0.25, 0.3) is 11.0 Å². The van der Waals surface area contributed by atoms with E-state index >= 15 is 0 Å². The minimum atomic E-state index is -3.62. The Kier molecular flexibility index (Phi) is 8.19. The second-order valence-electron chi connectivity index (χ2n) is 8.16. The lowest BCUT2D eigenvalue weighted by Crippen LogP contribution is -2.51. The van der Waals surface area contributed by atoms with Gasteiger partial charge >= 0.3 is 6.09 Å². The average Bonchev–Trinajstić information content (AvgIpc) is 3.24. The number of carbonyl (C=O) groups excluding carboxylic acids is 2. The van der Waals surface area contributed by atoms with E-state index in [1.165, 1.54) is 16.1 Å². The molecule has 2 fully saturated rings. The monoisotopic (exact) mass is 525 g/mol. The van der Waals surface area contributed by atoms with E-state index < -0.39 is 10.0 Å². The van der Waals surface area contributed by atoms with Crippen LogP contribution in [0, 0.1) is 0 Å². The van der Waals surface area contributed by atoms with Crippen LogP contribution in [0.5, 0.6) is 0 Å². The van der Waals surface area contributed by atoms with Crippen LogP contribution >= 0.6 is 11.8 Å². The standard InChI is InChI=1S/C22H31N5O6S2/c1-3-27-19-6-5-17(35(30,31)26-11-13-32-14-12-26)15-18(19)23-21(27)34-16-20(28)24-7-9-25(10-8-24)22(29)33-4-2/h5-6,15H,3-4,7-14,16H2,1-2H3. The summed E-state index contributed by atoms with van der Waals surface area (Å²) in [6.07, 6.45) is -0.347. The van der Waals surface area contributed by atoms with Gasteiger partial charge in [0.2, 0.25) is 15.9 Å².